The molecule has 12 nitrogen and oxygen atoms in total. The van der Waals surface area contributed by atoms with Gasteiger partial charge in [-0.3, -0.25) is 28.8 Å². The van der Waals surface area contributed by atoms with Crippen LogP contribution in [-0.4, -0.2) is 56.7 Å². The van der Waals surface area contributed by atoms with Gasteiger partial charge in [0.2, 0.25) is 23.6 Å². The van der Waals surface area contributed by atoms with Crippen molar-refractivity contribution in [1.29, 1.82) is 0 Å². The van der Waals surface area contributed by atoms with E-state index in [-0.39, 0.29) is 41.4 Å². The van der Waals surface area contributed by atoms with E-state index in [0.29, 0.717) is 21.9 Å². The number of amides is 4. The van der Waals surface area contributed by atoms with Crippen molar-refractivity contribution in [1.82, 2.24) is 9.78 Å². The van der Waals surface area contributed by atoms with Crippen molar-refractivity contribution in [3.8, 4) is 22.1 Å². The highest BCUT2D eigenvalue weighted by Gasteiger charge is 2.68. The summed E-state index contributed by atoms with van der Waals surface area (Å²) in [6.45, 7) is 3.72. The summed E-state index contributed by atoms with van der Waals surface area (Å²) in [4.78, 5) is 73.5. The predicted octanol–water partition coefficient (Wildman–Crippen LogP) is 7.11. The van der Waals surface area contributed by atoms with E-state index in [1.165, 1.54) is 52.3 Å². The maximum atomic E-state index is 15.1. The Hall–Kier alpha value is -5.79. The van der Waals surface area contributed by atoms with Crippen LogP contribution in [-0.2, 0) is 26.2 Å². The summed E-state index contributed by atoms with van der Waals surface area (Å²) in [5.74, 6) is -6.96. The fraction of sp³-hybridized carbons (Fsp3) is 0.286. The number of carboxylic acids is 1. The summed E-state index contributed by atoms with van der Waals surface area (Å²) < 4.78 is 8.02. The first kappa shape index (κ1) is 35.9. The van der Waals surface area contributed by atoms with Crippen molar-refractivity contribution in [2.45, 2.75) is 32.6 Å². The minimum absolute atomic E-state index is 0.0702. The van der Waals surface area contributed by atoms with Crippen LogP contribution in [0.1, 0.15) is 47.2 Å². The van der Waals surface area contributed by atoms with Crippen LogP contribution in [0.5, 0.6) is 11.5 Å². The van der Waals surface area contributed by atoms with Crippen LogP contribution < -0.4 is 14.5 Å². The highest BCUT2D eigenvalue weighted by atomic mass is 35.5. The first-order valence-electron chi connectivity index (χ1n) is 18.1. The van der Waals surface area contributed by atoms with Crippen LogP contribution >= 0.6 is 22.9 Å². The van der Waals surface area contributed by atoms with Crippen LogP contribution in [0.2, 0.25) is 5.02 Å². The van der Waals surface area contributed by atoms with E-state index < -0.39 is 64.6 Å². The van der Waals surface area contributed by atoms with Crippen molar-refractivity contribution >= 4 is 74.1 Å². The van der Waals surface area contributed by atoms with Gasteiger partial charge >= 0.3 is 5.97 Å². The lowest BCUT2D eigenvalue weighted by Gasteiger charge is -2.49. The van der Waals surface area contributed by atoms with E-state index in [9.17, 15) is 29.4 Å². The molecule has 1 saturated carbocycles. The number of allylic oxidation sites excluding steroid dienone is 2. The molecule has 0 radical (unpaired) electrons. The molecule has 3 aromatic carbocycles. The van der Waals surface area contributed by atoms with Gasteiger partial charge in [0.05, 0.1) is 46.4 Å². The highest BCUT2D eigenvalue weighted by molar-refractivity contribution is 7.22. The summed E-state index contributed by atoms with van der Waals surface area (Å²) in [7, 11) is 3.10. The Balaban J connectivity index is 1.16. The SMILES string of the molecule is COc1cccc([C@H]2C3=CC[C@@H]4C(=O)N(c5cccc(C(=O)O)c5)C(=O)[C@@H]4[C@@H]3C[C@H]3C(=O)N(c4cc(-c5sc6ccc(Cl)cc6c5C)nn4C)C(=O)[C@@]23C)c1O. The number of methoxy groups -OCH3 is 1. The van der Waals surface area contributed by atoms with Crippen LogP contribution in [0, 0.1) is 36.0 Å². The largest absolute Gasteiger partial charge is 0.504 e. The van der Waals surface area contributed by atoms with E-state index in [2.05, 4.69) is 0 Å². The first-order chi connectivity index (χ1) is 26.8. The number of para-hydroxylation sites is 1. The Morgan fingerprint density at radius 1 is 0.982 bits per heavy atom. The van der Waals surface area contributed by atoms with Gasteiger partial charge in [0.1, 0.15) is 11.5 Å². The number of aryl methyl sites for hydroxylation is 2. The number of ether oxygens (including phenoxy) is 1. The third-order valence-corrected chi connectivity index (χ3v) is 13.9. The zero-order valence-corrected chi connectivity index (χ0v) is 32.2. The number of aromatic carboxylic acids is 1. The average molecular weight is 791 g/mol. The molecule has 2 aliphatic carbocycles. The number of hydrogen-bond donors (Lipinski definition) is 2. The summed E-state index contributed by atoms with van der Waals surface area (Å²) >= 11 is 7.84. The molecule has 9 rings (SSSR count). The number of hydrogen-bond acceptors (Lipinski definition) is 9. The Morgan fingerprint density at radius 3 is 2.50 bits per heavy atom. The molecule has 284 valence electrons. The lowest BCUT2D eigenvalue weighted by atomic mass is 9.51. The van der Waals surface area contributed by atoms with Crippen molar-refractivity contribution in [3.05, 3.63) is 100 Å². The van der Waals surface area contributed by atoms with Gasteiger partial charge in [0.15, 0.2) is 11.5 Å². The van der Waals surface area contributed by atoms with Crippen LogP contribution in [0.15, 0.2) is 78.4 Å². The molecule has 2 N–H and O–H groups in total. The van der Waals surface area contributed by atoms with Gasteiger partial charge in [0, 0.05) is 34.3 Å². The number of halogens is 1. The van der Waals surface area contributed by atoms with Gasteiger partial charge in [-0.2, -0.15) is 5.10 Å². The molecule has 0 unspecified atom stereocenters. The van der Waals surface area contributed by atoms with Crippen LogP contribution in [0.3, 0.4) is 0 Å². The van der Waals surface area contributed by atoms with Gasteiger partial charge in [0.25, 0.3) is 0 Å². The lowest BCUT2D eigenvalue weighted by Crippen LogP contribution is -2.49. The molecular weight excluding hydrogens is 756 g/mol. The number of aromatic nitrogens is 2. The number of phenols is 1. The molecule has 4 heterocycles. The third-order valence-electron chi connectivity index (χ3n) is 12.4. The van der Waals surface area contributed by atoms with Crippen LogP contribution in [0.25, 0.3) is 20.7 Å². The molecule has 4 aliphatic rings. The van der Waals surface area contributed by atoms with E-state index in [1.54, 1.807) is 38.2 Å². The van der Waals surface area contributed by atoms with Gasteiger partial charge in [-0.05, 0) is 86.0 Å². The maximum absolute atomic E-state index is 15.1. The molecule has 14 heteroatoms. The van der Waals surface area contributed by atoms with Gasteiger partial charge < -0.3 is 14.9 Å². The van der Waals surface area contributed by atoms with Crippen molar-refractivity contribution in [2.24, 2.45) is 36.1 Å². The minimum Gasteiger partial charge on any atom is -0.504 e. The number of carboxylic acid groups (broad SMARTS) is 1. The number of nitrogens with zero attached hydrogens (tertiary/aromatic N) is 4. The van der Waals surface area contributed by atoms with Crippen molar-refractivity contribution < 1.29 is 38.9 Å². The molecule has 4 amide bonds. The quantitative estimate of drug-likeness (QED) is 0.135. The van der Waals surface area contributed by atoms with E-state index in [0.717, 1.165) is 25.4 Å². The number of anilines is 2. The number of aromatic hydroxyl groups is 1. The lowest BCUT2D eigenvalue weighted by molar-refractivity contribution is -0.131. The fourth-order valence-electron chi connectivity index (χ4n) is 9.76. The molecule has 6 atom stereocenters. The maximum Gasteiger partial charge on any atom is 0.335 e. The summed E-state index contributed by atoms with van der Waals surface area (Å²) in [6.07, 6.45) is 2.15. The number of fused-ring (bicyclic) bond motifs is 5. The predicted molar refractivity (Wildman–Crippen MR) is 209 cm³/mol. The molecular formula is C42H35ClN4O8S. The first-order valence-corrected chi connectivity index (χ1v) is 19.3. The van der Waals surface area contributed by atoms with Gasteiger partial charge in [-0.25, -0.2) is 9.69 Å². The molecule has 56 heavy (non-hydrogen) atoms. The zero-order valence-electron chi connectivity index (χ0n) is 30.6. The molecule has 2 saturated heterocycles. The van der Waals surface area contributed by atoms with E-state index in [1.807, 2.05) is 31.2 Å². The van der Waals surface area contributed by atoms with Crippen molar-refractivity contribution in [2.75, 3.05) is 16.9 Å². The molecule has 2 aliphatic heterocycles. The van der Waals surface area contributed by atoms with Gasteiger partial charge in [-0.1, -0.05) is 41.4 Å². The summed E-state index contributed by atoms with van der Waals surface area (Å²) in [5, 5.41) is 27.7. The highest BCUT2D eigenvalue weighted by Crippen LogP contribution is 2.65. The molecule has 0 bridgehead atoms. The normalized spacial score (nSPS) is 25.7. The molecule has 5 aromatic rings. The Labute approximate surface area is 329 Å². The second kappa shape index (κ2) is 12.6. The third kappa shape index (κ3) is 4.89. The number of carbonyl (C=O) groups excluding carboxylic acids is 4. The Bertz CT molecular complexity index is 2630. The number of rotatable bonds is 6. The number of carbonyl (C=O) groups is 5. The monoisotopic (exact) mass is 790 g/mol. The smallest absolute Gasteiger partial charge is 0.335 e. The van der Waals surface area contributed by atoms with E-state index in [4.69, 9.17) is 21.4 Å². The average Bonchev–Trinajstić information content (AvgIpc) is 3.85. The van der Waals surface area contributed by atoms with Crippen LogP contribution in [0.4, 0.5) is 11.5 Å². The topological polar surface area (TPSA) is 159 Å². The number of thiophene rings is 1. The Kier molecular flexibility index (Phi) is 8.08. The second-order valence-corrected chi connectivity index (χ2v) is 16.6. The molecule has 3 fully saturated rings. The fourth-order valence-corrected chi connectivity index (χ4v) is 11.1. The van der Waals surface area contributed by atoms with Crippen molar-refractivity contribution in [3.63, 3.8) is 0 Å². The van der Waals surface area contributed by atoms with Gasteiger partial charge in [-0.15, -0.1) is 11.3 Å². The minimum atomic E-state index is -1.42. The zero-order chi connectivity index (χ0) is 39.5. The standard InChI is InChI=1S/C42H35ClN4O8S/c1-19-26-16-21(43)11-14-31(26)56-36(19)29-18-32(45(3)44-29)47-38(50)28-17-27-23(34(42(28,2)41(47)54)25-9-6-10-30(55-4)35(25)48)12-13-24-33(27)39(51)46(37(24)49)22-8-5-7-20(15-22)40(52)53/h5-12,14-16,18,24,27-28,33-34,48H,13,17H2,1-4H3,(H,52,53)/t24-,27+,28-,33-,34+,42+/m0/s1. The number of benzene rings is 3. The summed E-state index contributed by atoms with van der Waals surface area (Å²) in [6, 6.07) is 18.1. The summed E-state index contributed by atoms with van der Waals surface area (Å²) in [5.41, 5.74) is 1.26. The number of phenolic OH excluding ortho intramolecular Hbond substituents is 1. The molecule has 2 aromatic heterocycles. The Morgan fingerprint density at radius 2 is 1.75 bits per heavy atom. The van der Waals surface area contributed by atoms with E-state index >= 15 is 4.79 Å². The number of imide groups is 2. The molecule has 0 spiro atoms. The second-order valence-electron chi connectivity index (χ2n) is 15.1.